The van der Waals surface area contributed by atoms with Crippen molar-refractivity contribution in [2.45, 2.75) is 26.2 Å². The molecule has 0 spiro atoms. The maximum absolute atomic E-state index is 13.1. The Labute approximate surface area is 122 Å². The number of ether oxygens (including phenoxy) is 1. The Hall–Kier alpha value is -2.24. The molecular weight excluding hydrogens is 273 g/mol. The monoisotopic (exact) mass is 291 g/mol. The zero-order valence-electron chi connectivity index (χ0n) is 12.3. The van der Waals surface area contributed by atoms with Crippen molar-refractivity contribution in [2.75, 3.05) is 6.61 Å². The van der Waals surface area contributed by atoms with Crippen LogP contribution in [0.3, 0.4) is 0 Å². The van der Waals surface area contributed by atoms with E-state index in [1.165, 1.54) is 12.1 Å². The number of hydrogen-bond donors (Lipinski definition) is 0. The molecule has 0 saturated carbocycles. The number of halogens is 1. The lowest BCUT2D eigenvalue weighted by Gasteiger charge is -2.15. The van der Waals surface area contributed by atoms with Crippen molar-refractivity contribution in [2.24, 2.45) is 7.05 Å². The predicted octanol–water partition coefficient (Wildman–Crippen LogP) is 2.21. The van der Waals surface area contributed by atoms with Crippen LogP contribution >= 0.6 is 0 Å². The summed E-state index contributed by atoms with van der Waals surface area (Å²) in [5.41, 5.74) is 0.632. The Morgan fingerprint density at radius 3 is 2.52 bits per heavy atom. The van der Waals surface area contributed by atoms with E-state index in [-0.39, 0.29) is 12.4 Å². The van der Waals surface area contributed by atoms with Gasteiger partial charge in [0, 0.05) is 13.5 Å². The van der Waals surface area contributed by atoms with Crippen molar-refractivity contribution in [3.8, 4) is 0 Å². The van der Waals surface area contributed by atoms with Gasteiger partial charge in [0.1, 0.15) is 17.6 Å². The highest BCUT2D eigenvalue weighted by atomic mass is 19.1. The summed E-state index contributed by atoms with van der Waals surface area (Å²) < 4.78 is 19.8. The van der Waals surface area contributed by atoms with Crippen LogP contribution in [0.2, 0.25) is 0 Å². The molecule has 1 heterocycles. The van der Waals surface area contributed by atoms with E-state index >= 15 is 0 Å². The standard InChI is InChI=1S/C15H18FN3O2/c1-4-12-17-14(19(3)18-12)13(15(20)21-5-2)10-6-8-11(16)9-7-10/h6-9,13H,4-5H2,1-3H3. The highest BCUT2D eigenvalue weighted by Crippen LogP contribution is 2.25. The molecule has 2 aromatic rings. The minimum atomic E-state index is -0.705. The fourth-order valence-corrected chi connectivity index (χ4v) is 2.12. The quantitative estimate of drug-likeness (QED) is 0.793. The first-order valence-electron chi connectivity index (χ1n) is 6.88. The van der Waals surface area contributed by atoms with Crippen LogP contribution in [0.25, 0.3) is 0 Å². The van der Waals surface area contributed by atoms with Gasteiger partial charge in [-0.2, -0.15) is 5.10 Å². The van der Waals surface area contributed by atoms with Gasteiger partial charge >= 0.3 is 5.97 Å². The van der Waals surface area contributed by atoms with E-state index in [1.807, 2.05) is 6.92 Å². The Morgan fingerprint density at radius 2 is 2.00 bits per heavy atom. The summed E-state index contributed by atoms with van der Waals surface area (Å²) in [5, 5.41) is 4.26. The number of nitrogens with zero attached hydrogens (tertiary/aromatic N) is 3. The van der Waals surface area contributed by atoms with Gasteiger partial charge in [-0.15, -0.1) is 0 Å². The average Bonchev–Trinajstić information content (AvgIpc) is 2.83. The predicted molar refractivity (Wildman–Crippen MR) is 75.3 cm³/mol. The second kappa shape index (κ2) is 6.47. The van der Waals surface area contributed by atoms with Crippen LogP contribution in [-0.4, -0.2) is 27.3 Å². The maximum Gasteiger partial charge on any atom is 0.321 e. The first-order chi connectivity index (χ1) is 10.1. The molecule has 0 saturated heterocycles. The highest BCUT2D eigenvalue weighted by Gasteiger charge is 2.29. The van der Waals surface area contributed by atoms with Gasteiger partial charge < -0.3 is 4.74 Å². The second-order valence-corrected chi connectivity index (χ2v) is 4.60. The molecular formula is C15H18FN3O2. The molecule has 21 heavy (non-hydrogen) atoms. The molecule has 0 amide bonds. The van der Waals surface area contributed by atoms with Crippen molar-refractivity contribution in [1.29, 1.82) is 0 Å². The zero-order chi connectivity index (χ0) is 15.4. The summed E-state index contributed by atoms with van der Waals surface area (Å²) in [7, 11) is 1.73. The number of hydrogen-bond acceptors (Lipinski definition) is 4. The molecule has 1 unspecified atom stereocenters. The molecule has 0 radical (unpaired) electrons. The summed E-state index contributed by atoms with van der Waals surface area (Å²) in [6, 6.07) is 5.77. The first kappa shape index (κ1) is 15.2. The molecule has 2 rings (SSSR count). The molecule has 1 atom stereocenters. The van der Waals surface area contributed by atoms with E-state index in [2.05, 4.69) is 10.1 Å². The molecule has 5 nitrogen and oxygen atoms in total. The van der Waals surface area contributed by atoms with Crippen molar-refractivity contribution in [3.63, 3.8) is 0 Å². The minimum absolute atomic E-state index is 0.273. The topological polar surface area (TPSA) is 57.0 Å². The van der Waals surface area contributed by atoms with Crippen LogP contribution in [0.5, 0.6) is 0 Å². The third-order valence-corrected chi connectivity index (χ3v) is 3.14. The van der Waals surface area contributed by atoms with Gasteiger partial charge in [0.15, 0.2) is 5.82 Å². The third kappa shape index (κ3) is 3.26. The number of carbonyl (C=O) groups is 1. The lowest BCUT2D eigenvalue weighted by molar-refractivity contribution is -0.144. The molecule has 6 heteroatoms. The normalized spacial score (nSPS) is 12.2. The van der Waals surface area contributed by atoms with Gasteiger partial charge in [-0.3, -0.25) is 9.48 Å². The molecule has 1 aromatic carbocycles. The van der Waals surface area contributed by atoms with Gasteiger partial charge in [-0.1, -0.05) is 19.1 Å². The molecule has 112 valence electrons. The zero-order valence-corrected chi connectivity index (χ0v) is 12.3. The summed E-state index contributed by atoms with van der Waals surface area (Å²) in [6.45, 7) is 3.96. The van der Waals surface area contributed by atoms with Gasteiger partial charge in [-0.05, 0) is 24.6 Å². The summed E-state index contributed by atoms with van der Waals surface area (Å²) >= 11 is 0. The molecule has 0 fully saturated rings. The highest BCUT2D eigenvalue weighted by molar-refractivity contribution is 5.81. The van der Waals surface area contributed by atoms with Gasteiger partial charge in [-0.25, -0.2) is 9.37 Å². The van der Waals surface area contributed by atoms with Crippen molar-refractivity contribution >= 4 is 5.97 Å². The number of rotatable bonds is 5. The van der Waals surface area contributed by atoms with E-state index in [0.717, 1.165) is 0 Å². The van der Waals surface area contributed by atoms with Crippen LogP contribution in [-0.2, 0) is 23.0 Å². The van der Waals surface area contributed by atoms with E-state index in [9.17, 15) is 9.18 Å². The van der Waals surface area contributed by atoms with Crippen LogP contribution in [0.4, 0.5) is 4.39 Å². The second-order valence-electron chi connectivity index (χ2n) is 4.60. The summed E-state index contributed by atoms with van der Waals surface area (Å²) in [4.78, 5) is 16.7. The largest absolute Gasteiger partial charge is 0.465 e. The Morgan fingerprint density at radius 1 is 1.33 bits per heavy atom. The van der Waals surface area contributed by atoms with Crippen molar-refractivity contribution in [1.82, 2.24) is 14.8 Å². The lowest BCUT2D eigenvalue weighted by atomic mass is 9.98. The van der Waals surface area contributed by atoms with Crippen LogP contribution < -0.4 is 0 Å². The van der Waals surface area contributed by atoms with E-state index in [0.29, 0.717) is 23.6 Å². The van der Waals surface area contributed by atoms with Gasteiger partial charge in [0.2, 0.25) is 0 Å². The number of benzene rings is 1. The number of esters is 1. The Bertz CT molecular complexity index is 622. The van der Waals surface area contributed by atoms with Gasteiger partial charge in [0.05, 0.1) is 6.61 Å². The van der Waals surface area contributed by atoms with Crippen LogP contribution in [0.15, 0.2) is 24.3 Å². The Balaban J connectivity index is 2.47. The Kier molecular flexibility index (Phi) is 4.67. The smallest absolute Gasteiger partial charge is 0.321 e. The molecule has 0 aliphatic carbocycles. The van der Waals surface area contributed by atoms with E-state index in [1.54, 1.807) is 30.8 Å². The van der Waals surface area contributed by atoms with Crippen molar-refractivity contribution < 1.29 is 13.9 Å². The molecule has 0 N–H and O–H groups in total. The fraction of sp³-hybridized carbons (Fsp3) is 0.400. The fourth-order valence-electron chi connectivity index (χ4n) is 2.12. The van der Waals surface area contributed by atoms with Crippen LogP contribution in [0, 0.1) is 5.82 Å². The van der Waals surface area contributed by atoms with E-state index < -0.39 is 11.9 Å². The SMILES string of the molecule is CCOC(=O)C(c1ccc(F)cc1)c1nc(CC)nn1C. The molecule has 1 aromatic heterocycles. The van der Waals surface area contributed by atoms with E-state index in [4.69, 9.17) is 4.74 Å². The lowest BCUT2D eigenvalue weighted by Crippen LogP contribution is -2.21. The number of aromatic nitrogens is 3. The van der Waals surface area contributed by atoms with Crippen molar-refractivity contribution in [3.05, 3.63) is 47.3 Å². The van der Waals surface area contributed by atoms with Crippen LogP contribution in [0.1, 0.15) is 37.0 Å². The molecule has 0 bridgehead atoms. The summed E-state index contributed by atoms with van der Waals surface area (Å²) in [6.07, 6.45) is 0.673. The number of aryl methyl sites for hydroxylation is 2. The minimum Gasteiger partial charge on any atom is -0.465 e. The first-order valence-corrected chi connectivity index (χ1v) is 6.88. The number of carbonyl (C=O) groups excluding carboxylic acids is 1. The molecule has 0 aliphatic rings. The maximum atomic E-state index is 13.1. The summed E-state index contributed by atoms with van der Waals surface area (Å²) in [5.74, 6) is -0.319. The molecule has 0 aliphatic heterocycles. The average molecular weight is 291 g/mol. The third-order valence-electron chi connectivity index (χ3n) is 3.14. The van der Waals surface area contributed by atoms with Gasteiger partial charge in [0.25, 0.3) is 0 Å².